The molecule has 1 aliphatic rings. The normalized spacial score (nSPS) is 16.4. The van der Waals surface area contributed by atoms with Gasteiger partial charge in [-0.25, -0.2) is 0 Å². The third kappa shape index (κ3) is 2.87. The number of nitrogens with one attached hydrogen (secondary N) is 1. The van der Waals surface area contributed by atoms with Gasteiger partial charge in [-0.15, -0.1) is 0 Å². The molecule has 1 heterocycles. The summed E-state index contributed by atoms with van der Waals surface area (Å²) in [6.07, 6.45) is 1.65. The van der Waals surface area contributed by atoms with Gasteiger partial charge in [-0.3, -0.25) is 4.79 Å². The first-order valence-corrected chi connectivity index (χ1v) is 7.82. The van der Waals surface area contributed by atoms with Crippen molar-refractivity contribution in [3.05, 3.63) is 65.2 Å². The highest BCUT2D eigenvalue weighted by Crippen LogP contribution is 2.38. The Balaban J connectivity index is 1.97. The number of allylic oxidation sites excluding steroid dienone is 1. The summed E-state index contributed by atoms with van der Waals surface area (Å²) in [5, 5.41) is 3.43. The second-order valence-corrected chi connectivity index (χ2v) is 6.31. The lowest BCUT2D eigenvalue weighted by Gasteiger charge is -2.20. The maximum atomic E-state index is 12.6. The molecule has 0 radical (unpaired) electrons. The lowest BCUT2D eigenvalue weighted by atomic mass is 9.94. The van der Waals surface area contributed by atoms with E-state index in [1.165, 1.54) is 0 Å². The van der Waals surface area contributed by atoms with E-state index in [9.17, 15) is 4.79 Å². The van der Waals surface area contributed by atoms with E-state index in [0.717, 1.165) is 28.3 Å². The van der Waals surface area contributed by atoms with E-state index >= 15 is 0 Å². The number of fused-ring (bicyclic) bond motifs is 1. The Morgan fingerprint density at radius 2 is 1.62 bits per heavy atom. The Hall–Kier alpha value is -2.75. The zero-order valence-electron chi connectivity index (χ0n) is 14.3. The van der Waals surface area contributed by atoms with Crippen LogP contribution >= 0.6 is 0 Å². The van der Waals surface area contributed by atoms with Gasteiger partial charge in [0.05, 0.1) is 19.8 Å². The second-order valence-electron chi connectivity index (χ2n) is 6.31. The van der Waals surface area contributed by atoms with Crippen LogP contribution in [0.5, 0.6) is 11.5 Å². The minimum Gasteiger partial charge on any atom is -0.497 e. The molecule has 0 spiro atoms. The fraction of sp³-hybridized carbons (Fsp3) is 0.250. The monoisotopic (exact) mass is 323 g/mol. The molecule has 124 valence electrons. The SMILES string of the molecule is COc1ccc(C(=O)/C=C2\NC(C)(C)c3ccc(OC)cc32)cc1. The van der Waals surface area contributed by atoms with Gasteiger partial charge in [0.1, 0.15) is 11.5 Å². The molecule has 0 unspecified atom stereocenters. The molecule has 4 heteroatoms. The van der Waals surface area contributed by atoms with E-state index in [4.69, 9.17) is 9.47 Å². The van der Waals surface area contributed by atoms with Crippen molar-refractivity contribution in [1.82, 2.24) is 5.32 Å². The molecule has 0 aromatic heterocycles. The topological polar surface area (TPSA) is 47.6 Å². The van der Waals surface area contributed by atoms with E-state index in [0.29, 0.717) is 5.56 Å². The molecule has 24 heavy (non-hydrogen) atoms. The van der Waals surface area contributed by atoms with Crippen molar-refractivity contribution in [2.24, 2.45) is 0 Å². The number of hydrogen-bond donors (Lipinski definition) is 1. The maximum absolute atomic E-state index is 12.6. The lowest BCUT2D eigenvalue weighted by Crippen LogP contribution is -2.28. The number of carbonyl (C=O) groups is 1. The fourth-order valence-electron chi connectivity index (χ4n) is 2.97. The summed E-state index contributed by atoms with van der Waals surface area (Å²) < 4.78 is 10.4. The molecule has 0 aliphatic carbocycles. The maximum Gasteiger partial charge on any atom is 0.187 e. The third-order valence-electron chi connectivity index (χ3n) is 4.29. The van der Waals surface area contributed by atoms with Crippen LogP contribution in [-0.4, -0.2) is 20.0 Å². The number of carbonyl (C=O) groups excluding carboxylic acids is 1. The minimum atomic E-state index is -0.229. The van der Waals surface area contributed by atoms with Gasteiger partial charge in [-0.2, -0.15) is 0 Å². The van der Waals surface area contributed by atoms with E-state index in [1.807, 2.05) is 18.2 Å². The number of methoxy groups -OCH3 is 2. The fourth-order valence-corrected chi connectivity index (χ4v) is 2.97. The van der Waals surface area contributed by atoms with Crippen LogP contribution in [0.2, 0.25) is 0 Å². The van der Waals surface area contributed by atoms with Gasteiger partial charge < -0.3 is 14.8 Å². The van der Waals surface area contributed by atoms with Crippen LogP contribution in [-0.2, 0) is 5.54 Å². The largest absolute Gasteiger partial charge is 0.497 e. The van der Waals surface area contributed by atoms with Gasteiger partial charge in [0.15, 0.2) is 5.78 Å². The van der Waals surface area contributed by atoms with E-state index < -0.39 is 0 Å². The van der Waals surface area contributed by atoms with Crippen molar-refractivity contribution in [3.63, 3.8) is 0 Å². The average molecular weight is 323 g/mol. The van der Waals surface area contributed by atoms with Crippen molar-refractivity contribution in [2.75, 3.05) is 14.2 Å². The van der Waals surface area contributed by atoms with Crippen molar-refractivity contribution in [3.8, 4) is 11.5 Å². The quantitative estimate of drug-likeness (QED) is 0.687. The van der Waals surface area contributed by atoms with Crippen LogP contribution in [0, 0.1) is 0 Å². The molecule has 1 N–H and O–H groups in total. The highest BCUT2D eigenvalue weighted by Gasteiger charge is 2.33. The first kappa shape index (κ1) is 16.1. The predicted molar refractivity (Wildman–Crippen MR) is 94.5 cm³/mol. The first-order valence-electron chi connectivity index (χ1n) is 7.82. The number of benzene rings is 2. The van der Waals surface area contributed by atoms with Crippen LogP contribution in [0.4, 0.5) is 0 Å². The average Bonchev–Trinajstić information content (AvgIpc) is 2.84. The van der Waals surface area contributed by atoms with Crippen LogP contribution in [0.25, 0.3) is 5.70 Å². The first-order chi connectivity index (χ1) is 11.4. The van der Waals surface area contributed by atoms with Crippen LogP contribution in [0.3, 0.4) is 0 Å². The molecule has 0 saturated carbocycles. The summed E-state index contributed by atoms with van der Waals surface area (Å²) in [4.78, 5) is 12.6. The molecule has 0 saturated heterocycles. The zero-order chi connectivity index (χ0) is 17.3. The van der Waals surface area contributed by atoms with Gasteiger partial charge in [0.2, 0.25) is 0 Å². The molecular weight excluding hydrogens is 302 g/mol. The summed E-state index contributed by atoms with van der Waals surface area (Å²) in [7, 11) is 3.24. The van der Waals surface area contributed by atoms with Gasteiger partial charge in [-0.05, 0) is 55.8 Å². The zero-order valence-corrected chi connectivity index (χ0v) is 14.3. The van der Waals surface area contributed by atoms with Crippen LogP contribution in [0.1, 0.15) is 35.3 Å². The van der Waals surface area contributed by atoms with Crippen LogP contribution in [0.15, 0.2) is 48.5 Å². The summed E-state index contributed by atoms with van der Waals surface area (Å²) in [6.45, 7) is 4.19. The standard InChI is InChI=1S/C20H21NO3/c1-20(2)17-10-9-15(24-4)11-16(17)18(21-20)12-19(22)13-5-7-14(23-3)8-6-13/h5-12,21H,1-4H3/b18-12-. The van der Waals surface area contributed by atoms with Gasteiger partial charge in [0, 0.05) is 22.9 Å². The van der Waals surface area contributed by atoms with Gasteiger partial charge in [0.25, 0.3) is 0 Å². The summed E-state index contributed by atoms with van der Waals surface area (Å²) >= 11 is 0. The molecule has 0 fully saturated rings. The molecule has 0 bridgehead atoms. The Morgan fingerprint density at radius 3 is 2.25 bits per heavy atom. The molecule has 0 atom stereocenters. The minimum absolute atomic E-state index is 0.0494. The Bertz CT molecular complexity index is 804. The number of hydrogen-bond acceptors (Lipinski definition) is 4. The smallest absolute Gasteiger partial charge is 0.187 e. The molecule has 4 nitrogen and oxygen atoms in total. The van der Waals surface area contributed by atoms with Gasteiger partial charge in [-0.1, -0.05) is 6.07 Å². The molecule has 1 aliphatic heterocycles. The lowest BCUT2D eigenvalue weighted by molar-refractivity contribution is 0.104. The molecular formula is C20H21NO3. The van der Waals surface area contributed by atoms with Crippen molar-refractivity contribution in [2.45, 2.75) is 19.4 Å². The number of ketones is 1. The molecule has 3 rings (SSSR count). The third-order valence-corrected chi connectivity index (χ3v) is 4.29. The summed E-state index contributed by atoms with van der Waals surface area (Å²) in [6, 6.07) is 13.1. The Kier molecular flexibility index (Phi) is 4.06. The molecule has 2 aromatic rings. The Labute approximate surface area is 142 Å². The van der Waals surface area contributed by atoms with E-state index in [-0.39, 0.29) is 11.3 Å². The second kappa shape index (κ2) is 6.04. The predicted octanol–water partition coefficient (Wildman–Crippen LogP) is 3.77. The molecule has 0 amide bonds. The van der Waals surface area contributed by atoms with Crippen molar-refractivity contribution < 1.29 is 14.3 Å². The Morgan fingerprint density at radius 1 is 1.00 bits per heavy atom. The van der Waals surface area contributed by atoms with E-state index in [1.54, 1.807) is 44.6 Å². The van der Waals surface area contributed by atoms with Crippen molar-refractivity contribution in [1.29, 1.82) is 0 Å². The van der Waals surface area contributed by atoms with Crippen LogP contribution < -0.4 is 14.8 Å². The summed E-state index contributed by atoms with van der Waals surface area (Å²) in [5.41, 5.74) is 3.36. The summed E-state index contributed by atoms with van der Waals surface area (Å²) in [5.74, 6) is 1.46. The number of rotatable bonds is 4. The van der Waals surface area contributed by atoms with E-state index in [2.05, 4.69) is 19.2 Å². The number of ether oxygens (including phenoxy) is 2. The van der Waals surface area contributed by atoms with Gasteiger partial charge >= 0.3 is 0 Å². The molecule has 2 aromatic carbocycles. The highest BCUT2D eigenvalue weighted by atomic mass is 16.5. The highest BCUT2D eigenvalue weighted by molar-refractivity contribution is 6.09. The van der Waals surface area contributed by atoms with Crippen molar-refractivity contribution >= 4 is 11.5 Å².